The molecule has 1 fully saturated rings. The van der Waals surface area contributed by atoms with Crippen molar-refractivity contribution in [1.82, 2.24) is 5.32 Å². The summed E-state index contributed by atoms with van der Waals surface area (Å²) in [5.41, 5.74) is 1.36. The van der Waals surface area contributed by atoms with Crippen molar-refractivity contribution in [3.63, 3.8) is 0 Å². The average Bonchev–Trinajstić information content (AvgIpc) is 2.63. The molecular weight excluding hydrogens is 510 g/mol. The molecular formula is C19H23Br2N3O3S. The van der Waals surface area contributed by atoms with Crippen LogP contribution in [0.2, 0.25) is 0 Å². The highest BCUT2D eigenvalue weighted by molar-refractivity contribution is 9.11. The minimum absolute atomic E-state index is 0.160. The SMILES string of the molecule is COc1ccc(N2C[C@H](C)NC[C@@H]2C)cc1NS(=O)(=O)c1ccc(Br)cc1Br. The van der Waals surface area contributed by atoms with Crippen LogP contribution in [0.1, 0.15) is 13.8 Å². The Hall–Kier alpha value is -1.29. The summed E-state index contributed by atoms with van der Waals surface area (Å²) in [6, 6.07) is 11.2. The lowest BCUT2D eigenvalue weighted by Gasteiger charge is -2.39. The third-order valence-electron chi connectivity index (χ3n) is 4.71. The van der Waals surface area contributed by atoms with Crippen LogP contribution in [0.5, 0.6) is 5.75 Å². The number of hydrogen-bond donors (Lipinski definition) is 2. The van der Waals surface area contributed by atoms with Gasteiger partial charge < -0.3 is 15.0 Å². The lowest BCUT2D eigenvalue weighted by molar-refractivity contribution is 0.415. The van der Waals surface area contributed by atoms with Gasteiger partial charge in [0.15, 0.2) is 0 Å². The first-order valence-electron chi connectivity index (χ1n) is 8.87. The first-order chi connectivity index (χ1) is 13.2. The fraction of sp³-hybridized carbons (Fsp3) is 0.368. The van der Waals surface area contributed by atoms with E-state index < -0.39 is 10.0 Å². The van der Waals surface area contributed by atoms with Gasteiger partial charge in [-0.3, -0.25) is 4.72 Å². The Kier molecular flexibility index (Phi) is 6.58. The van der Waals surface area contributed by atoms with Crippen LogP contribution in [-0.2, 0) is 10.0 Å². The Morgan fingerprint density at radius 1 is 1.18 bits per heavy atom. The zero-order valence-electron chi connectivity index (χ0n) is 15.9. The van der Waals surface area contributed by atoms with Crippen molar-refractivity contribution >= 4 is 53.3 Å². The monoisotopic (exact) mass is 531 g/mol. The maximum absolute atomic E-state index is 13.0. The summed E-state index contributed by atoms with van der Waals surface area (Å²) < 4.78 is 35.3. The van der Waals surface area contributed by atoms with Crippen molar-refractivity contribution in [3.8, 4) is 5.75 Å². The van der Waals surface area contributed by atoms with Crippen molar-refractivity contribution < 1.29 is 13.2 Å². The van der Waals surface area contributed by atoms with Gasteiger partial charge in [-0.15, -0.1) is 0 Å². The molecule has 1 aliphatic rings. The van der Waals surface area contributed by atoms with Crippen LogP contribution in [0, 0.1) is 0 Å². The number of piperazine rings is 1. The van der Waals surface area contributed by atoms with Gasteiger partial charge in [-0.25, -0.2) is 8.42 Å². The summed E-state index contributed by atoms with van der Waals surface area (Å²) in [5.74, 6) is 0.469. The standard InChI is InChI=1S/C19H23Br2N3O3S/c1-12-11-24(13(2)10-22-12)15-5-6-18(27-3)17(9-15)23-28(25,26)19-7-4-14(20)8-16(19)21/h4-9,12-13,22-23H,10-11H2,1-3H3/t12-,13-/m0/s1. The highest BCUT2D eigenvalue weighted by Crippen LogP contribution is 2.34. The van der Waals surface area contributed by atoms with Gasteiger partial charge in [0.25, 0.3) is 10.0 Å². The molecule has 1 saturated heterocycles. The fourth-order valence-electron chi connectivity index (χ4n) is 3.23. The largest absolute Gasteiger partial charge is 0.495 e. The number of sulfonamides is 1. The van der Waals surface area contributed by atoms with Crippen LogP contribution in [-0.4, -0.2) is 40.7 Å². The van der Waals surface area contributed by atoms with Gasteiger partial charge >= 0.3 is 0 Å². The van der Waals surface area contributed by atoms with E-state index >= 15 is 0 Å². The maximum atomic E-state index is 13.0. The predicted molar refractivity (Wildman–Crippen MR) is 120 cm³/mol. The van der Waals surface area contributed by atoms with Crippen LogP contribution in [0.3, 0.4) is 0 Å². The summed E-state index contributed by atoms with van der Waals surface area (Å²) in [6.07, 6.45) is 0. The Morgan fingerprint density at radius 3 is 2.61 bits per heavy atom. The first-order valence-corrected chi connectivity index (χ1v) is 11.9. The minimum Gasteiger partial charge on any atom is -0.495 e. The van der Waals surface area contributed by atoms with E-state index in [-0.39, 0.29) is 4.90 Å². The molecule has 0 aliphatic carbocycles. The molecule has 3 rings (SSSR count). The fourth-order valence-corrected chi connectivity index (χ4v) is 6.04. The molecule has 0 bridgehead atoms. The van der Waals surface area contributed by atoms with Gasteiger partial charge in [-0.2, -0.15) is 0 Å². The van der Waals surface area contributed by atoms with E-state index in [4.69, 9.17) is 4.74 Å². The second-order valence-electron chi connectivity index (χ2n) is 6.88. The third kappa shape index (κ3) is 4.64. The van der Waals surface area contributed by atoms with E-state index in [0.29, 0.717) is 28.0 Å². The third-order valence-corrected chi connectivity index (χ3v) is 7.54. The normalized spacial score (nSPS) is 20.1. The highest BCUT2D eigenvalue weighted by Gasteiger charge is 2.25. The van der Waals surface area contributed by atoms with E-state index in [2.05, 4.69) is 60.6 Å². The van der Waals surface area contributed by atoms with Crippen molar-refractivity contribution in [1.29, 1.82) is 0 Å². The van der Waals surface area contributed by atoms with Crippen LogP contribution in [0.4, 0.5) is 11.4 Å². The number of nitrogens with one attached hydrogen (secondary N) is 2. The number of ether oxygens (including phenoxy) is 1. The van der Waals surface area contributed by atoms with Gasteiger partial charge in [0.05, 0.1) is 12.8 Å². The van der Waals surface area contributed by atoms with E-state index in [9.17, 15) is 8.42 Å². The zero-order chi connectivity index (χ0) is 20.5. The number of hydrogen-bond acceptors (Lipinski definition) is 5. The van der Waals surface area contributed by atoms with Gasteiger partial charge in [0, 0.05) is 39.8 Å². The molecule has 9 heteroatoms. The summed E-state index contributed by atoms with van der Waals surface area (Å²) in [7, 11) is -2.27. The number of rotatable bonds is 5. The molecule has 2 N–H and O–H groups in total. The quantitative estimate of drug-likeness (QED) is 0.603. The Bertz CT molecular complexity index is 969. The lowest BCUT2D eigenvalue weighted by atomic mass is 10.1. The van der Waals surface area contributed by atoms with E-state index in [0.717, 1.165) is 23.2 Å². The summed E-state index contributed by atoms with van der Waals surface area (Å²) in [4.78, 5) is 2.43. The lowest BCUT2D eigenvalue weighted by Crippen LogP contribution is -2.54. The number of benzene rings is 2. The van der Waals surface area contributed by atoms with Crippen LogP contribution in [0.15, 0.2) is 50.2 Å². The van der Waals surface area contributed by atoms with E-state index in [1.807, 2.05) is 12.1 Å². The topological polar surface area (TPSA) is 70.7 Å². The van der Waals surface area contributed by atoms with E-state index in [1.165, 1.54) is 7.11 Å². The van der Waals surface area contributed by atoms with Crippen molar-refractivity contribution in [3.05, 3.63) is 45.3 Å². The number of methoxy groups -OCH3 is 1. The number of nitrogens with zero attached hydrogens (tertiary/aromatic N) is 1. The van der Waals surface area contributed by atoms with Gasteiger partial charge in [0.2, 0.25) is 0 Å². The van der Waals surface area contributed by atoms with Crippen LogP contribution >= 0.6 is 31.9 Å². The maximum Gasteiger partial charge on any atom is 0.263 e. The van der Waals surface area contributed by atoms with Gasteiger partial charge in [-0.1, -0.05) is 15.9 Å². The molecule has 0 unspecified atom stereocenters. The zero-order valence-corrected chi connectivity index (χ0v) is 19.9. The molecule has 6 nitrogen and oxygen atoms in total. The molecule has 0 aromatic heterocycles. The summed E-state index contributed by atoms with van der Waals surface area (Å²) in [5, 5.41) is 3.45. The second-order valence-corrected chi connectivity index (χ2v) is 10.3. The van der Waals surface area contributed by atoms with Crippen molar-refractivity contribution in [2.75, 3.05) is 29.8 Å². The highest BCUT2D eigenvalue weighted by atomic mass is 79.9. The predicted octanol–water partition coefficient (Wildman–Crippen LogP) is 4.21. The van der Waals surface area contributed by atoms with E-state index in [1.54, 1.807) is 24.3 Å². The van der Waals surface area contributed by atoms with Gasteiger partial charge in [0.1, 0.15) is 10.6 Å². The molecule has 0 spiro atoms. The number of halogens is 2. The Balaban J connectivity index is 1.96. The molecule has 2 aromatic rings. The summed E-state index contributed by atoms with van der Waals surface area (Å²) >= 11 is 6.67. The first kappa shape index (κ1) is 21.4. The van der Waals surface area contributed by atoms with Crippen molar-refractivity contribution in [2.45, 2.75) is 30.8 Å². The van der Waals surface area contributed by atoms with Crippen molar-refractivity contribution in [2.24, 2.45) is 0 Å². The second kappa shape index (κ2) is 8.61. The molecule has 0 amide bonds. The Morgan fingerprint density at radius 2 is 1.93 bits per heavy atom. The summed E-state index contributed by atoms with van der Waals surface area (Å²) in [6.45, 7) is 6.00. The van der Waals surface area contributed by atoms with Crippen LogP contribution < -0.4 is 19.7 Å². The smallest absolute Gasteiger partial charge is 0.263 e. The number of anilines is 2. The molecule has 152 valence electrons. The molecule has 1 heterocycles. The molecule has 1 aliphatic heterocycles. The molecule has 2 atom stereocenters. The minimum atomic E-state index is -3.79. The molecule has 2 aromatic carbocycles. The van der Waals surface area contributed by atoms with Crippen LogP contribution in [0.25, 0.3) is 0 Å². The Labute approximate surface area is 183 Å². The molecule has 0 radical (unpaired) electrons. The van der Waals surface area contributed by atoms with Gasteiger partial charge in [-0.05, 0) is 66.2 Å². The molecule has 0 saturated carbocycles. The molecule has 28 heavy (non-hydrogen) atoms. The average molecular weight is 533 g/mol.